The first-order valence-electron chi connectivity index (χ1n) is 7.51. The normalized spacial score (nSPS) is 12.1. The highest BCUT2D eigenvalue weighted by Crippen LogP contribution is 2.35. The molecule has 0 saturated carbocycles. The fourth-order valence-electron chi connectivity index (χ4n) is 2.17. The average Bonchev–Trinajstić information content (AvgIpc) is 2.61. The standard InChI is InChI=1S/C17H13F3N2O5/c1-10(27-15-7-6-11(9-23)8-14(15)22(25)26)16(24)21-13-5-3-2-4-12(13)17(18,19)20/h2-10H,1H3,(H,21,24)/t10-/m0/s1. The quantitative estimate of drug-likeness (QED) is 0.465. The van der Waals surface area contributed by atoms with E-state index in [1.54, 1.807) is 0 Å². The van der Waals surface area contributed by atoms with E-state index in [1.165, 1.54) is 25.1 Å². The van der Waals surface area contributed by atoms with Gasteiger partial charge in [-0.1, -0.05) is 12.1 Å². The van der Waals surface area contributed by atoms with Crippen LogP contribution >= 0.6 is 0 Å². The lowest BCUT2D eigenvalue weighted by molar-refractivity contribution is -0.386. The highest BCUT2D eigenvalue weighted by atomic mass is 19.4. The number of rotatable bonds is 6. The van der Waals surface area contributed by atoms with Gasteiger partial charge < -0.3 is 10.1 Å². The van der Waals surface area contributed by atoms with E-state index >= 15 is 0 Å². The number of halogens is 3. The molecule has 0 aliphatic rings. The van der Waals surface area contributed by atoms with Crippen molar-refractivity contribution in [3.05, 3.63) is 63.7 Å². The summed E-state index contributed by atoms with van der Waals surface area (Å²) in [5.41, 5.74) is -2.01. The number of nitro benzene ring substituents is 1. The van der Waals surface area contributed by atoms with Gasteiger partial charge >= 0.3 is 11.9 Å². The zero-order chi connectivity index (χ0) is 20.2. The second-order valence-corrected chi connectivity index (χ2v) is 5.39. The smallest absolute Gasteiger partial charge is 0.418 e. The number of ether oxygens (including phenoxy) is 1. The number of carbonyl (C=O) groups excluding carboxylic acids is 2. The van der Waals surface area contributed by atoms with Crippen LogP contribution in [0.25, 0.3) is 0 Å². The van der Waals surface area contributed by atoms with Gasteiger partial charge in [-0.3, -0.25) is 19.7 Å². The van der Waals surface area contributed by atoms with Crippen molar-refractivity contribution in [2.75, 3.05) is 5.32 Å². The summed E-state index contributed by atoms with van der Waals surface area (Å²) in [7, 11) is 0. The second kappa shape index (κ2) is 7.85. The van der Waals surface area contributed by atoms with Crippen molar-refractivity contribution >= 4 is 23.6 Å². The summed E-state index contributed by atoms with van der Waals surface area (Å²) in [6, 6.07) is 7.73. The molecule has 0 aliphatic heterocycles. The number of benzene rings is 2. The van der Waals surface area contributed by atoms with Gasteiger partial charge in [-0.05, 0) is 31.2 Å². The van der Waals surface area contributed by atoms with Crippen molar-refractivity contribution in [2.45, 2.75) is 19.2 Å². The van der Waals surface area contributed by atoms with Crippen LogP contribution in [0.1, 0.15) is 22.8 Å². The number of anilines is 1. The van der Waals surface area contributed by atoms with Crippen molar-refractivity contribution in [3.63, 3.8) is 0 Å². The molecule has 10 heteroatoms. The number of aldehydes is 1. The third-order valence-electron chi connectivity index (χ3n) is 3.48. The maximum atomic E-state index is 13.0. The van der Waals surface area contributed by atoms with E-state index in [4.69, 9.17) is 4.74 Å². The number of hydrogen-bond donors (Lipinski definition) is 1. The van der Waals surface area contributed by atoms with E-state index in [0.717, 1.165) is 24.3 Å². The Bertz CT molecular complexity index is 883. The Morgan fingerprint density at radius 3 is 2.52 bits per heavy atom. The first-order chi connectivity index (χ1) is 12.6. The van der Waals surface area contributed by atoms with Gasteiger partial charge in [-0.2, -0.15) is 13.2 Å². The average molecular weight is 382 g/mol. The van der Waals surface area contributed by atoms with Gasteiger partial charge in [0.1, 0.15) is 6.29 Å². The Morgan fingerprint density at radius 2 is 1.93 bits per heavy atom. The van der Waals surface area contributed by atoms with Crippen LogP contribution in [0.15, 0.2) is 42.5 Å². The molecule has 27 heavy (non-hydrogen) atoms. The molecule has 0 spiro atoms. The number of amides is 1. The molecular weight excluding hydrogens is 369 g/mol. The van der Waals surface area contributed by atoms with E-state index in [1.807, 2.05) is 0 Å². The Balaban J connectivity index is 2.21. The lowest BCUT2D eigenvalue weighted by Crippen LogP contribution is -2.31. The Morgan fingerprint density at radius 1 is 1.26 bits per heavy atom. The maximum Gasteiger partial charge on any atom is 0.418 e. The first kappa shape index (κ1) is 19.9. The van der Waals surface area contributed by atoms with Crippen LogP contribution in [0.5, 0.6) is 5.75 Å². The van der Waals surface area contributed by atoms with E-state index in [0.29, 0.717) is 6.29 Å². The van der Waals surface area contributed by atoms with Crippen LogP contribution in [0.3, 0.4) is 0 Å². The van der Waals surface area contributed by atoms with Crippen molar-refractivity contribution in [3.8, 4) is 5.75 Å². The number of hydrogen-bond acceptors (Lipinski definition) is 5. The van der Waals surface area contributed by atoms with Gasteiger partial charge in [0.05, 0.1) is 16.2 Å². The molecule has 142 valence electrons. The molecular formula is C17H13F3N2O5. The molecule has 0 heterocycles. The van der Waals surface area contributed by atoms with Gasteiger partial charge in [-0.15, -0.1) is 0 Å². The summed E-state index contributed by atoms with van der Waals surface area (Å²) < 4.78 is 44.1. The van der Waals surface area contributed by atoms with Crippen molar-refractivity contribution in [1.29, 1.82) is 0 Å². The molecule has 0 radical (unpaired) electrons. The molecule has 2 aromatic rings. The molecule has 2 aromatic carbocycles. The summed E-state index contributed by atoms with van der Waals surface area (Å²) in [5.74, 6) is -1.22. The van der Waals surface area contributed by atoms with Crippen LogP contribution in [0, 0.1) is 10.1 Å². The number of carbonyl (C=O) groups is 2. The fraction of sp³-hybridized carbons (Fsp3) is 0.176. The lowest BCUT2D eigenvalue weighted by Gasteiger charge is -2.17. The Hall–Kier alpha value is -3.43. The van der Waals surface area contributed by atoms with Gasteiger partial charge in [-0.25, -0.2) is 0 Å². The largest absolute Gasteiger partial charge is 0.474 e. The van der Waals surface area contributed by atoms with Crippen LogP contribution in [0.2, 0.25) is 0 Å². The summed E-state index contributed by atoms with van der Waals surface area (Å²) in [4.78, 5) is 33.2. The van der Waals surface area contributed by atoms with Crippen LogP contribution < -0.4 is 10.1 Å². The molecule has 1 atom stereocenters. The molecule has 0 saturated heterocycles. The van der Waals surface area contributed by atoms with E-state index in [-0.39, 0.29) is 11.3 Å². The van der Waals surface area contributed by atoms with E-state index in [9.17, 15) is 32.9 Å². The molecule has 0 aliphatic carbocycles. The molecule has 0 fully saturated rings. The minimum Gasteiger partial charge on any atom is -0.474 e. The minimum absolute atomic E-state index is 0.0326. The predicted octanol–water partition coefficient (Wildman–Crippen LogP) is 3.83. The zero-order valence-corrected chi connectivity index (χ0v) is 13.8. The maximum absolute atomic E-state index is 13.0. The summed E-state index contributed by atoms with van der Waals surface area (Å²) >= 11 is 0. The first-order valence-corrected chi connectivity index (χ1v) is 7.51. The summed E-state index contributed by atoms with van der Waals surface area (Å²) in [6.45, 7) is 1.23. The predicted molar refractivity (Wildman–Crippen MR) is 88.6 cm³/mol. The topological polar surface area (TPSA) is 98.5 Å². The lowest BCUT2D eigenvalue weighted by atomic mass is 10.1. The van der Waals surface area contributed by atoms with Gasteiger partial charge in [0, 0.05) is 11.6 Å². The Kier molecular flexibility index (Phi) is 5.78. The second-order valence-electron chi connectivity index (χ2n) is 5.39. The highest BCUT2D eigenvalue weighted by Gasteiger charge is 2.34. The van der Waals surface area contributed by atoms with Crippen molar-refractivity contribution in [2.24, 2.45) is 0 Å². The molecule has 7 nitrogen and oxygen atoms in total. The van der Waals surface area contributed by atoms with Gasteiger partial charge in [0.15, 0.2) is 11.9 Å². The Labute approximate surface area is 150 Å². The summed E-state index contributed by atoms with van der Waals surface area (Å²) in [6.07, 6.45) is -5.61. The number of para-hydroxylation sites is 1. The number of alkyl halides is 3. The van der Waals surface area contributed by atoms with E-state index < -0.39 is 40.0 Å². The van der Waals surface area contributed by atoms with E-state index in [2.05, 4.69) is 5.32 Å². The van der Waals surface area contributed by atoms with Crippen LogP contribution in [-0.4, -0.2) is 23.2 Å². The fourth-order valence-corrected chi connectivity index (χ4v) is 2.17. The molecule has 1 N–H and O–H groups in total. The highest BCUT2D eigenvalue weighted by molar-refractivity contribution is 5.95. The van der Waals surface area contributed by atoms with Crippen LogP contribution in [-0.2, 0) is 11.0 Å². The number of nitro groups is 1. The third kappa shape index (κ3) is 4.81. The van der Waals surface area contributed by atoms with Gasteiger partial charge in [0.2, 0.25) is 0 Å². The molecule has 0 aromatic heterocycles. The molecule has 0 unspecified atom stereocenters. The minimum atomic E-state index is -4.67. The third-order valence-corrected chi connectivity index (χ3v) is 3.48. The molecule has 1 amide bonds. The summed E-state index contributed by atoms with van der Waals surface area (Å²) in [5, 5.41) is 13.2. The number of nitrogens with one attached hydrogen (secondary N) is 1. The van der Waals surface area contributed by atoms with Gasteiger partial charge in [0.25, 0.3) is 5.91 Å². The van der Waals surface area contributed by atoms with Crippen LogP contribution in [0.4, 0.5) is 24.5 Å². The molecule has 0 bridgehead atoms. The zero-order valence-electron chi connectivity index (χ0n) is 13.8. The number of nitrogens with zero attached hydrogens (tertiary/aromatic N) is 1. The molecule has 2 rings (SSSR count). The monoisotopic (exact) mass is 382 g/mol. The van der Waals surface area contributed by atoms with Crippen molar-refractivity contribution < 1.29 is 32.4 Å². The van der Waals surface area contributed by atoms with Crippen molar-refractivity contribution in [1.82, 2.24) is 0 Å². The SMILES string of the molecule is C[C@H](Oc1ccc(C=O)cc1[N+](=O)[O-])C(=O)Nc1ccccc1C(F)(F)F.